The van der Waals surface area contributed by atoms with E-state index in [1.807, 2.05) is 44.2 Å². The van der Waals surface area contributed by atoms with Gasteiger partial charge < -0.3 is 4.74 Å². The number of rotatable bonds is 6. The summed E-state index contributed by atoms with van der Waals surface area (Å²) in [4.78, 5) is 26.7. The van der Waals surface area contributed by atoms with Crippen LogP contribution in [0.15, 0.2) is 54.6 Å². The topological polar surface area (TPSA) is 46.6 Å². The van der Waals surface area contributed by atoms with Crippen LogP contribution in [0.5, 0.6) is 0 Å². The first kappa shape index (κ1) is 22.3. The molecule has 4 atom stereocenters. The smallest absolute Gasteiger partial charge is 0.306 e. The average Bonchev–Trinajstić information content (AvgIpc) is 2.63. The molecule has 28 heavy (non-hydrogen) atoms. The molecular weight excluding hydrogens is 370 g/mol. The van der Waals surface area contributed by atoms with E-state index in [4.69, 9.17) is 4.74 Å². The number of ether oxygens (including phenoxy) is 1. The Kier molecular flexibility index (Phi) is 7.16. The summed E-state index contributed by atoms with van der Waals surface area (Å²) in [5, 5.41) is -0.338. The highest BCUT2D eigenvalue weighted by molar-refractivity contribution is 7.96. The van der Waals surface area contributed by atoms with Gasteiger partial charge in [0.25, 0.3) is 5.24 Å². The molecule has 5 heteroatoms. The molecule has 152 valence electrons. The molecule has 1 fully saturated rings. The molecule has 2 rings (SSSR count). The van der Waals surface area contributed by atoms with Crippen LogP contribution in [0.2, 0.25) is 0 Å². The fourth-order valence-corrected chi connectivity index (χ4v) is 4.88. The van der Waals surface area contributed by atoms with Gasteiger partial charge in [0.1, 0.15) is 0 Å². The van der Waals surface area contributed by atoms with E-state index < -0.39 is 5.41 Å². The number of amides is 1. The first-order chi connectivity index (χ1) is 13.1. The van der Waals surface area contributed by atoms with Crippen molar-refractivity contribution in [3.05, 3.63) is 54.6 Å². The standard InChI is InChI=1S/C23H31NO3S/c1-15(2)17-12-19(16(3)4)23(5,14-21(25)27-6)20(13-17)24(22(26)28)18-10-8-7-9-11-18/h7-11,17,19-20H,1,3,12-14H2,2,4-6H3,(H,26,28)/t17-,19+,20?,23-/m1/s1. The minimum Gasteiger partial charge on any atom is -0.469 e. The van der Waals surface area contributed by atoms with E-state index in [0.717, 1.165) is 23.3 Å². The summed E-state index contributed by atoms with van der Waals surface area (Å²) >= 11 is 4.19. The molecule has 0 bridgehead atoms. The molecule has 1 aromatic rings. The number of anilines is 1. The SMILES string of the molecule is C=C(C)[C@H]1CC(N(C(=O)S)c2ccccc2)[C@](C)(CC(=O)OC)[C@H](C(=C)C)C1. The summed E-state index contributed by atoms with van der Waals surface area (Å²) < 4.78 is 5.01. The molecule has 0 N–H and O–H groups in total. The lowest BCUT2D eigenvalue weighted by atomic mass is 9.57. The van der Waals surface area contributed by atoms with Crippen LogP contribution in [-0.4, -0.2) is 24.4 Å². The molecule has 1 amide bonds. The number of benzene rings is 1. The van der Waals surface area contributed by atoms with Crippen molar-refractivity contribution in [2.75, 3.05) is 12.0 Å². The molecule has 0 aromatic heterocycles. The fraction of sp³-hybridized carbons (Fsp3) is 0.478. The van der Waals surface area contributed by atoms with Crippen LogP contribution in [0.4, 0.5) is 10.5 Å². The van der Waals surface area contributed by atoms with Gasteiger partial charge in [-0.3, -0.25) is 14.5 Å². The number of hydrogen-bond donors (Lipinski definition) is 1. The van der Waals surface area contributed by atoms with Crippen molar-refractivity contribution in [1.29, 1.82) is 0 Å². The number of methoxy groups -OCH3 is 1. The molecule has 0 spiro atoms. The first-order valence-corrected chi connectivity index (χ1v) is 10.0. The molecule has 4 nitrogen and oxygen atoms in total. The summed E-state index contributed by atoms with van der Waals surface area (Å²) in [6.45, 7) is 14.5. The van der Waals surface area contributed by atoms with Crippen LogP contribution in [0, 0.1) is 17.3 Å². The molecule has 0 heterocycles. The molecule has 0 aliphatic heterocycles. The van der Waals surface area contributed by atoms with Gasteiger partial charge in [-0.2, -0.15) is 0 Å². The van der Waals surface area contributed by atoms with Gasteiger partial charge in [0, 0.05) is 17.1 Å². The summed E-state index contributed by atoms with van der Waals surface area (Å²) in [5.74, 6) is -0.00517. The van der Waals surface area contributed by atoms with E-state index in [0.29, 0.717) is 6.42 Å². The van der Waals surface area contributed by atoms with Gasteiger partial charge in [0.2, 0.25) is 0 Å². The molecule has 1 saturated carbocycles. The molecule has 0 radical (unpaired) electrons. The number of thiol groups is 1. The Labute approximate surface area is 174 Å². The molecule has 1 unspecified atom stereocenters. The monoisotopic (exact) mass is 401 g/mol. The Bertz CT molecular complexity index is 760. The summed E-state index contributed by atoms with van der Waals surface area (Å²) in [5.41, 5.74) is 2.32. The maximum atomic E-state index is 12.7. The first-order valence-electron chi connectivity index (χ1n) is 9.56. The highest BCUT2D eigenvalue weighted by Gasteiger charge is 2.51. The Morgan fingerprint density at radius 3 is 2.25 bits per heavy atom. The number of carbonyl (C=O) groups excluding carboxylic acids is 2. The van der Waals surface area contributed by atoms with Crippen LogP contribution < -0.4 is 4.90 Å². The van der Waals surface area contributed by atoms with Crippen LogP contribution in [-0.2, 0) is 9.53 Å². The van der Waals surface area contributed by atoms with Crippen molar-refractivity contribution < 1.29 is 14.3 Å². The Hall–Kier alpha value is -2.01. The summed E-state index contributed by atoms with van der Waals surface area (Å²) in [7, 11) is 1.40. The third kappa shape index (κ3) is 4.52. The third-order valence-corrected chi connectivity index (χ3v) is 6.40. The number of para-hydroxylation sites is 1. The van der Waals surface area contributed by atoms with E-state index >= 15 is 0 Å². The zero-order chi connectivity index (χ0) is 21.1. The van der Waals surface area contributed by atoms with Gasteiger partial charge in [-0.1, -0.05) is 62.1 Å². The average molecular weight is 402 g/mol. The number of allylic oxidation sites excluding steroid dienone is 2. The summed E-state index contributed by atoms with van der Waals surface area (Å²) in [6.07, 6.45) is 1.78. The van der Waals surface area contributed by atoms with Crippen LogP contribution in [0.25, 0.3) is 0 Å². The fourth-order valence-electron chi connectivity index (χ4n) is 4.62. The molecular formula is C23H31NO3S. The van der Waals surface area contributed by atoms with Crippen molar-refractivity contribution in [2.45, 2.75) is 46.1 Å². The lowest BCUT2D eigenvalue weighted by Gasteiger charge is -2.53. The quantitative estimate of drug-likeness (QED) is 0.380. The van der Waals surface area contributed by atoms with E-state index in [2.05, 4.69) is 32.7 Å². The van der Waals surface area contributed by atoms with Gasteiger partial charge in [0.15, 0.2) is 0 Å². The van der Waals surface area contributed by atoms with Crippen molar-refractivity contribution >= 4 is 29.5 Å². The van der Waals surface area contributed by atoms with Crippen LogP contribution >= 0.6 is 12.6 Å². The highest BCUT2D eigenvalue weighted by atomic mass is 32.1. The van der Waals surface area contributed by atoms with Gasteiger partial charge in [0.05, 0.1) is 13.5 Å². The van der Waals surface area contributed by atoms with E-state index in [1.165, 1.54) is 7.11 Å². The van der Waals surface area contributed by atoms with Gasteiger partial charge in [-0.05, 0) is 50.7 Å². The van der Waals surface area contributed by atoms with Crippen molar-refractivity contribution in [3.63, 3.8) is 0 Å². The minimum absolute atomic E-state index is 0.0472. The maximum absolute atomic E-state index is 12.7. The second-order valence-corrected chi connectivity index (χ2v) is 8.56. The van der Waals surface area contributed by atoms with E-state index in [-0.39, 0.29) is 35.5 Å². The van der Waals surface area contributed by atoms with Crippen molar-refractivity contribution in [1.82, 2.24) is 0 Å². The van der Waals surface area contributed by atoms with Gasteiger partial charge in [-0.15, -0.1) is 0 Å². The van der Waals surface area contributed by atoms with E-state index in [1.54, 1.807) is 4.90 Å². The summed E-state index contributed by atoms with van der Waals surface area (Å²) in [6, 6.07) is 9.25. The predicted molar refractivity (Wildman–Crippen MR) is 118 cm³/mol. The largest absolute Gasteiger partial charge is 0.469 e. The number of hydrogen-bond acceptors (Lipinski definition) is 3. The number of esters is 1. The van der Waals surface area contributed by atoms with Gasteiger partial charge in [-0.25, -0.2) is 0 Å². The van der Waals surface area contributed by atoms with Crippen LogP contribution in [0.1, 0.15) is 40.0 Å². The lowest BCUT2D eigenvalue weighted by Crippen LogP contribution is -2.56. The zero-order valence-electron chi connectivity index (χ0n) is 17.3. The minimum atomic E-state index is -0.529. The number of carbonyl (C=O) groups is 2. The molecule has 1 aromatic carbocycles. The Morgan fingerprint density at radius 1 is 1.18 bits per heavy atom. The van der Waals surface area contributed by atoms with E-state index in [9.17, 15) is 9.59 Å². The lowest BCUT2D eigenvalue weighted by molar-refractivity contribution is -0.145. The second kappa shape index (κ2) is 8.99. The Balaban J connectivity index is 2.63. The van der Waals surface area contributed by atoms with Crippen molar-refractivity contribution in [3.8, 4) is 0 Å². The Morgan fingerprint density at radius 2 is 1.79 bits per heavy atom. The molecule has 1 aliphatic carbocycles. The van der Waals surface area contributed by atoms with Crippen LogP contribution in [0.3, 0.4) is 0 Å². The predicted octanol–water partition coefficient (Wildman–Crippen LogP) is 5.66. The molecule has 0 saturated heterocycles. The van der Waals surface area contributed by atoms with Crippen molar-refractivity contribution in [2.24, 2.45) is 17.3 Å². The molecule has 1 aliphatic rings. The van der Waals surface area contributed by atoms with Gasteiger partial charge >= 0.3 is 5.97 Å². The second-order valence-electron chi connectivity index (χ2n) is 8.18. The maximum Gasteiger partial charge on any atom is 0.306 e. The number of nitrogens with zero attached hydrogens (tertiary/aromatic N) is 1. The highest BCUT2D eigenvalue weighted by Crippen LogP contribution is 2.53. The third-order valence-electron chi connectivity index (χ3n) is 6.18. The zero-order valence-corrected chi connectivity index (χ0v) is 18.2. The normalized spacial score (nSPS) is 27.0.